The number of methoxy groups -OCH3 is 2. The van der Waals surface area contributed by atoms with Crippen LogP contribution in [0.15, 0.2) is 24.3 Å². The molecule has 0 aromatic heterocycles. The van der Waals surface area contributed by atoms with E-state index in [4.69, 9.17) is 9.47 Å². The molecule has 1 aliphatic carbocycles. The zero-order valence-corrected chi connectivity index (χ0v) is 11.2. The Kier molecular flexibility index (Phi) is 3.46. The van der Waals surface area contributed by atoms with Crippen LogP contribution in [0.1, 0.15) is 24.8 Å². The van der Waals surface area contributed by atoms with E-state index in [1.807, 2.05) is 24.3 Å². The number of carbonyl (C=O) groups excluding carboxylic acids is 2. The third-order valence-corrected chi connectivity index (χ3v) is 3.43. The van der Waals surface area contributed by atoms with Gasteiger partial charge in [0.2, 0.25) is 5.91 Å². The standard InChI is InChI=1S/C14H17NO4/c1-9(16)15-14(13(17)19-3)8-12(14)10-4-6-11(18-2)7-5-10/h4-7,12H,8H2,1-3H3,(H,15,16)/t12-,14+/m1/s1. The fourth-order valence-corrected chi connectivity index (χ4v) is 2.41. The van der Waals surface area contributed by atoms with Crippen molar-refractivity contribution in [2.45, 2.75) is 24.8 Å². The van der Waals surface area contributed by atoms with Gasteiger partial charge in [0, 0.05) is 12.8 Å². The molecule has 1 saturated carbocycles. The molecule has 1 fully saturated rings. The Morgan fingerprint density at radius 1 is 1.26 bits per heavy atom. The highest BCUT2D eigenvalue weighted by molar-refractivity contribution is 5.92. The molecule has 0 unspecified atom stereocenters. The van der Waals surface area contributed by atoms with E-state index in [1.54, 1.807) is 7.11 Å². The van der Waals surface area contributed by atoms with Crippen molar-refractivity contribution in [3.8, 4) is 5.75 Å². The fourth-order valence-electron chi connectivity index (χ4n) is 2.41. The summed E-state index contributed by atoms with van der Waals surface area (Å²) in [5, 5.41) is 2.71. The first-order valence-corrected chi connectivity index (χ1v) is 6.04. The van der Waals surface area contributed by atoms with Gasteiger partial charge < -0.3 is 14.8 Å². The monoisotopic (exact) mass is 263 g/mol. The Hall–Kier alpha value is -2.04. The van der Waals surface area contributed by atoms with Gasteiger partial charge in [-0.15, -0.1) is 0 Å². The third kappa shape index (κ3) is 2.41. The SMILES string of the molecule is COC(=O)[C@]1(NC(C)=O)C[C@@H]1c1ccc(OC)cc1. The first-order valence-electron chi connectivity index (χ1n) is 6.04. The second-order valence-corrected chi connectivity index (χ2v) is 4.67. The molecule has 102 valence electrons. The predicted molar refractivity (Wildman–Crippen MR) is 68.9 cm³/mol. The Morgan fingerprint density at radius 3 is 2.37 bits per heavy atom. The first kappa shape index (κ1) is 13.4. The number of nitrogens with one attached hydrogen (secondary N) is 1. The van der Waals surface area contributed by atoms with E-state index >= 15 is 0 Å². The van der Waals surface area contributed by atoms with Crippen molar-refractivity contribution in [3.05, 3.63) is 29.8 Å². The van der Waals surface area contributed by atoms with E-state index in [0.717, 1.165) is 11.3 Å². The molecule has 5 nitrogen and oxygen atoms in total. The first-order chi connectivity index (χ1) is 9.03. The van der Waals surface area contributed by atoms with E-state index in [2.05, 4.69) is 5.32 Å². The van der Waals surface area contributed by atoms with Gasteiger partial charge in [-0.1, -0.05) is 12.1 Å². The molecule has 0 saturated heterocycles. The highest BCUT2D eigenvalue weighted by Crippen LogP contribution is 2.52. The lowest BCUT2D eigenvalue weighted by Gasteiger charge is -2.16. The molecule has 1 aliphatic rings. The number of hydrogen-bond acceptors (Lipinski definition) is 4. The molecule has 0 spiro atoms. The molecule has 19 heavy (non-hydrogen) atoms. The summed E-state index contributed by atoms with van der Waals surface area (Å²) in [5.41, 5.74) is 0.0785. The number of esters is 1. The van der Waals surface area contributed by atoms with Crippen LogP contribution in [0.5, 0.6) is 5.75 Å². The number of amides is 1. The Labute approximate surface area is 111 Å². The van der Waals surface area contributed by atoms with Crippen LogP contribution in [0.3, 0.4) is 0 Å². The van der Waals surface area contributed by atoms with Gasteiger partial charge in [-0.2, -0.15) is 0 Å². The summed E-state index contributed by atoms with van der Waals surface area (Å²) in [6.45, 7) is 1.40. The van der Waals surface area contributed by atoms with Crippen molar-refractivity contribution in [3.63, 3.8) is 0 Å². The molecular weight excluding hydrogens is 246 g/mol. The van der Waals surface area contributed by atoms with Crippen LogP contribution >= 0.6 is 0 Å². The summed E-state index contributed by atoms with van der Waals surface area (Å²) < 4.78 is 9.89. The second kappa shape index (κ2) is 4.91. The molecule has 0 aliphatic heterocycles. The average Bonchev–Trinajstić information content (AvgIpc) is 3.12. The van der Waals surface area contributed by atoms with Crippen LogP contribution in [0, 0.1) is 0 Å². The Balaban J connectivity index is 2.21. The zero-order chi connectivity index (χ0) is 14.0. The molecule has 2 atom stereocenters. The van der Waals surface area contributed by atoms with Crippen LogP contribution in [0.2, 0.25) is 0 Å². The summed E-state index contributed by atoms with van der Waals surface area (Å²) in [7, 11) is 2.93. The summed E-state index contributed by atoms with van der Waals surface area (Å²) >= 11 is 0. The summed E-state index contributed by atoms with van der Waals surface area (Å²) in [5.74, 6) is 0.0762. The zero-order valence-electron chi connectivity index (χ0n) is 11.2. The third-order valence-electron chi connectivity index (χ3n) is 3.43. The number of ether oxygens (including phenoxy) is 2. The van der Waals surface area contributed by atoms with Crippen molar-refractivity contribution in [1.29, 1.82) is 0 Å². The molecule has 0 radical (unpaired) electrons. The van der Waals surface area contributed by atoms with Gasteiger partial charge in [0.15, 0.2) is 0 Å². The molecule has 1 aromatic rings. The lowest BCUT2D eigenvalue weighted by atomic mass is 10.1. The van der Waals surface area contributed by atoms with Crippen molar-refractivity contribution in [1.82, 2.24) is 5.32 Å². The number of carbonyl (C=O) groups is 2. The van der Waals surface area contributed by atoms with E-state index in [0.29, 0.717) is 6.42 Å². The Morgan fingerprint density at radius 2 is 1.89 bits per heavy atom. The largest absolute Gasteiger partial charge is 0.497 e. The van der Waals surface area contributed by atoms with E-state index in [1.165, 1.54) is 14.0 Å². The molecule has 2 rings (SSSR count). The minimum Gasteiger partial charge on any atom is -0.497 e. The molecule has 1 N–H and O–H groups in total. The van der Waals surface area contributed by atoms with E-state index in [-0.39, 0.29) is 11.8 Å². The normalized spacial score (nSPS) is 24.5. The van der Waals surface area contributed by atoms with Crippen LogP contribution in [-0.2, 0) is 14.3 Å². The molecular formula is C14H17NO4. The van der Waals surface area contributed by atoms with Crippen molar-refractivity contribution in [2.75, 3.05) is 14.2 Å². The van der Waals surface area contributed by atoms with Crippen molar-refractivity contribution >= 4 is 11.9 Å². The smallest absolute Gasteiger partial charge is 0.332 e. The molecule has 1 amide bonds. The second-order valence-electron chi connectivity index (χ2n) is 4.67. The van der Waals surface area contributed by atoms with E-state index < -0.39 is 11.5 Å². The van der Waals surface area contributed by atoms with Crippen LogP contribution in [0.25, 0.3) is 0 Å². The maximum Gasteiger partial charge on any atom is 0.332 e. The lowest BCUT2D eigenvalue weighted by Crippen LogP contribution is -2.44. The quantitative estimate of drug-likeness (QED) is 0.830. The lowest BCUT2D eigenvalue weighted by molar-refractivity contribution is -0.146. The topological polar surface area (TPSA) is 64.6 Å². The fraction of sp³-hybridized carbons (Fsp3) is 0.429. The highest BCUT2D eigenvalue weighted by Gasteiger charge is 2.62. The van der Waals surface area contributed by atoms with Crippen LogP contribution < -0.4 is 10.1 Å². The maximum absolute atomic E-state index is 11.9. The van der Waals surface area contributed by atoms with Crippen molar-refractivity contribution in [2.24, 2.45) is 0 Å². The number of benzene rings is 1. The summed E-state index contributed by atoms with van der Waals surface area (Å²) in [6, 6.07) is 7.47. The van der Waals surface area contributed by atoms with Gasteiger partial charge in [-0.05, 0) is 24.1 Å². The van der Waals surface area contributed by atoms with Gasteiger partial charge >= 0.3 is 5.97 Å². The molecule has 0 heterocycles. The van der Waals surface area contributed by atoms with Gasteiger partial charge in [-0.3, -0.25) is 4.79 Å². The molecule has 0 bridgehead atoms. The van der Waals surface area contributed by atoms with Gasteiger partial charge in [0.05, 0.1) is 14.2 Å². The van der Waals surface area contributed by atoms with Crippen molar-refractivity contribution < 1.29 is 19.1 Å². The van der Waals surface area contributed by atoms with Gasteiger partial charge in [-0.25, -0.2) is 4.79 Å². The summed E-state index contributed by atoms with van der Waals surface area (Å²) in [4.78, 5) is 23.1. The van der Waals surface area contributed by atoms with E-state index in [9.17, 15) is 9.59 Å². The highest BCUT2D eigenvalue weighted by atomic mass is 16.5. The minimum absolute atomic E-state index is 0.0465. The van der Waals surface area contributed by atoms with Crippen LogP contribution in [-0.4, -0.2) is 31.6 Å². The summed E-state index contributed by atoms with van der Waals surface area (Å²) in [6.07, 6.45) is 0.561. The Bertz CT molecular complexity index is 497. The predicted octanol–water partition coefficient (Wildman–Crippen LogP) is 1.23. The number of hydrogen-bond donors (Lipinski definition) is 1. The van der Waals surface area contributed by atoms with Crippen LogP contribution in [0.4, 0.5) is 0 Å². The minimum atomic E-state index is -0.908. The average molecular weight is 263 g/mol. The molecule has 5 heteroatoms. The number of rotatable bonds is 4. The van der Waals surface area contributed by atoms with Gasteiger partial charge in [0.25, 0.3) is 0 Å². The van der Waals surface area contributed by atoms with Gasteiger partial charge in [0.1, 0.15) is 11.3 Å². The maximum atomic E-state index is 11.9. The molecule has 1 aromatic carbocycles.